The zero-order valence-corrected chi connectivity index (χ0v) is 11.4. The smallest absolute Gasteiger partial charge is 0.0708 e. The maximum Gasteiger partial charge on any atom is 0.0708 e. The predicted octanol–water partition coefficient (Wildman–Crippen LogP) is 3.64. The van der Waals surface area contributed by atoms with Crippen molar-refractivity contribution in [2.45, 2.75) is 53.6 Å². The van der Waals surface area contributed by atoms with Crippen LogP contribution < -0.4 is 0 Å². The Kier molecular flexibility index (Phi) is 3.49. The van der Waals surface area contributed by atoms with E-state index in [4.69, 9.17) is 0 Å². The molecule has 0 aliphatic carbocycles. The van der Waals surface area contributed by atoms with E-state index in [1.54, 1.807) is 0 Å². The van der Waals surface area contributed by atoms with Crippen molar-refractivity contribution in [3.63, 3.8) is 0 Å². The Morgan fingerprint density at radius 1 is 1.06 bits per heavy atom. The molecule has 1 aromatic carbocycles. The Labute approximate surface area is 99.5 Å². The Morgan fingerprint density at radius 2 is 1.62 bits per heavy atom. The number of hydrogen-bond donors (Lipinski definition) is 1. The largest absolute Gasteiger partial charge is 0.389 e. The summed E-state index contributed by atoms with van der Waals surface area (Å²) in [6, 6.07) is 6.42. The molecule has 0 bridgehead atoms. The van der Waals surface area contributed by atoms with Gasteiger partial charge in [0.15, 0.2) is 0 Å². The molecule has 90 valence electrons. The molecular formula is C15H24O. The van der Waals surface area contributed by atoms with Crippen LogP contribution in [0.1, 0.15) is 44.4 Å². The van der Waals surface area contributed by atoms with E-state index in [9.17, 15) is 5.11 Å². The lowest BCUT2D eigenvalue weighted by Crippen LogP contribution is -2.41. The summed E-state index contributed by atoms with van der Waals surface area (Å²) in [6.45, 7) is 12.4. The average Bonchev–Trinajstić information content (AvgIpc) is 2.09. The van der Waals surface area contributed by atoms with Crippen molar-refractivity contribution < 1.29 is 5.11 Å². The lowest BCUT2D eigenvalue weighted by atomic mass is 9.74. The maximum atomic E-state index is 10.5. The van der Waals surface area contributed by atoms with E-state index in [1.807, 2.05) is 6.92 Å². The summed E-state index contributed by atoms with van der Waals surface area (Å²) < 4.78 is 0. The minimum Gasteiger partial charge on any atom is -0.389 e. The molecule has 0 radical (unpaired) electrons. The monoisotopic (exact) mass is 220 g/mol. The van der Waals surface area contributed by atoms with Crippen LogP contribution in [0, 0.1) is 19.3 Å². The third-order valence-corrected chi connectivity index (χ3v) is 3.66. The summed E-state index contributed by atoms with van der Waals surface area (Å²) in [5, 5.41) is 10.5. The van der Waals surface area contributed by atoms with Crippen LogP contribution in [0.15, 0.2) is 18.2 Å². The molecule has 1 aromatic rings. The van der Waals surface area contributed by atoms with E-state index >= 15 is 0 Å². The zero-order valence-electron chi connectivity index (χ0n) is 11.4. The molecule has 1 heteroatoms. The first kappa shape index (κ1) is 13.2. The molecule has 1 atom stereocenters. The van der Waals surface area contributed by atoms with Crippen LogP contribution in [-0.4, -0.2) is 10.7 Å². The highest BCUT2D eigenvalue weighted by Gasteiger charge is 2.35. The van der Waals surface area contributed by atoms with Crippen LogP contribution in [0.2, 0.25) is 0 Å². The molecule has 1 rings (SSSR count). The minimum absolute atomic E-state index is 0.108. The van der Waals surface area contributed by atoms with E-state index in [0.717, 1.165) is 0 Å². The van der Waals surface area contributed by atoms with E-state index in [0.29, 0.717) is 6.42 Å². The van der Waals surface area contributed by atoms with Gasteiger partial charge in [0.25, 0.3) is 0 Å². The van der Waals surface area contributed by atoms with Crippen molar-refractivity contribution in [2.75, 3.05) is 0 Å². The van der Waals surface area contributed by atoms with Crippen LogP contribution in [0.4, 0.5) is 0 Å². The Balaban J connectivity index is 3.01. The fourth-order valence-electron chi connectivity index (χ4n) is 1.63. The highest BCUT2D eigenvalue weighted by molar-refractivity contribution is 5.31. The third kappa shape index (κ3) is 2.85. The first-order valence-electron chi connectivity index (χ1n) is 5.92. The summed E-state index contributed by atoms with van der Waals surface area (Å²) in [6.07, 6.45) is 0.712. The van der Waals surface area contributed by atoms with E-state index in [2.05, 4.69) is 52.8 Å². The summed E-state index contributed by atoms with van der Waals surface area (Å²) in [7, 11) is 0. The van der Waals surface area contributed by atoms with Crippen molar-refractivity contribution in [2.24, 2.45) is 5.41 Å². The fraction of sp³-hybridized carbons (Fsp3) is 0.600. The van der Waals surface area contributed by atoms with Crippen LogP contribution in [-0.2, 0) is 6.42 Å². The topological polar surface area (TPSA) is 20.2 Å². The van der Waals surface area contributed by atoms with Crippen LogP contribution >= 0.6 is 0 Å². The van der Waals surface area contributed by atoms with Gasteiger partial charge in [-0.1, -0.05) is 44.5 Å². The molecule has 0 amide bonds. The molecule has 1 nitrogen and oxygen atoms in total. The molecule has 1 unspecified atom stereocenters. The molecule has 0 aromatic heterocycles. The van der Waals surface area contributed by atoms with Gasteiger partial charge in [-0.05, 0) is 37.3 Å². The second-order valence-corrected chi connectivity index (χ2v) is 6.13. The van der Waals surface area contributed by atoms with Gasteiger partial charge < -0.3 is 5.11 Å². The van der Waals surface area contributed by atoms with Crippen molar-refractivity contribution >= 4 is 0 Å². The second-order valence-electron chi connectivity index (χ2n) is 6.13. The first-order valence-corrected chi connectivity index (χ1v) is 5.92. The van der Waals surface area contributed by atoms with Gasteiger partial charge in [-0.3, -0.25) is 0 Å². The highest BCUT2D eigenvalue weighted by Crippen LogP contribution is 2.33. The third-order valence-electron chi connectivity index (χ3n) is 3.66. The fourth-order valence-corrected chi connectivity index (χ4v) is 1.63. The Bertz CT molecular complexity index is 370. The summed E-state index contributed by atoms with van der Waals surface area (Å²) in [5.74, 6) is 0. The molecule has 0 fully saturated rings. The van der Waals surface area contributed by atoms with Crippen molar-refractivity contribution in [1.29, 1.82) is 0 Å². The van der Waals surface area contributed by atoms with Gasteiger partial charge in [-0.15, -0.1) is 0 Å². The SMILES string of the molecule is Cc1ccc(C)c(CC(C)(O)C(C)(C)C)c1. The zero-order chi connectivity index (χ0) is 12.6. The number of aliphatic hydroxyl groups is 1. The Hall–Kier alpha value is -0.820. The lowest BCUT2D eigenvalue weighted by molar-refractivity contribution is -0.0406. The first-order chi connectivity index (χ1) is 7.13. The summed E-state index contributed by atoms with van der Waals surface area (Å²) >= 11 is 0. The quantitative estimate of drug-likeness (QED) is 0.806. The second kappa shape index (κ2) is 4.21. The molecule has 0 saturated heterocycles. The van der Waals surface area contributed by atoms with Gasteiger partial charge in [-0.25, -0.2) is 0 Å². The number of hydrogen-bond acceptors (Lipinski definition) is 1. The Morgan fingerprint density at radius 3 is 2.12 bits per heavy atom. The van der Waals surface area contributed by atoms with Crippen LogP contribution in [0.25, 0.3) is 0 Å². The number of benzene rings is 1. The van der Waals surface area contributed by atoms with Crippen LogP contribution in [0.3, 0.4) is 0 Å². The predicted molar refractivity (Wildman–Crippen MR) is 69.7 cm³/mol. The van der Waals surface area contributed by atoms with Gasteiger partial charge in [0.05, 0.1) is 5.60 Å². The van der Waals surface area contributed by atoms with E-state index < -0.39 is 5.60 Å². The van der Waals surface area contributed by atoms with E-state index in [-0.39, 0.29) is 5.41 Å². The maximum absolute atomic E-state index is 10.5. The van der Waals surface area contributed by atoms with E-state index in [1.165, 1.54) is 16.7 Å². The van der Waals surface area contributed by atoms with Gasteiger partial charge in [-0.2, -0.15) is 0 Å². The normalized spacial score (nSPS) is 15.9. The number of rotatable bonds is 2. The lowest BCUT2D eigenvalue weighted by Gasteiger charge is -2.37. The average molecular weight is 220 g/mol. The van der Waals surface area contributed by atoms with Gasteiger partial charge >= 0.3 is 0 Å². The van der Waals surface area contributed by atoms with Gasteiger partial charge in [0.2, 0.25) is 0 Å². The molecule has 0 aliphatic heterocycles. The summed E-state index contributed by atoms with van der Waals surface area (Å²) in [4.78, 5) is 0. The molecule has 0 aliphatic rings. The van der Waals surface area contributed by atoms with Crippen molar-refractivity contribution in [1.82, 2.24) is 0 Å². The standard InChI is InChI=1S/C15H24O/c1-11-7-8-12(2)13(9-11)10-15(6,16)14(3,4)5/h7-9,16H,10H2,1-6H3. The molecule has 0 saturated carbocycles. The van der Waals surface area contributed by atoms with Gasteiger partial charge in [0, 0.05) is 6.42 Å². The van der Waals surface area contributed by atoms with Crippen molar-refractivity contribution in [3.05, 3.63) is 34.9 Å². The molecule has 1 N–H and O–H groups in total. The summed E-state index contributed by atoms with van der Waals surface area (Å²) in [5.41, 5.74) is 2.98. The van der Waals surface area contributed by atoms with Crippen LogP contribution in [0.5, 0.6) is 0 Å². The number of aryl methyl sites for hydroxylation is 2. The minimum atomic E-state index is -0.675. The molecule has 0 spiro atoms. The molecule has 16 heavy (non-hydrogen) atoms. The van der Waals surface area contributed by atoms with Crippen molar-refractivity contribution in [3.8, 4) is 0 Å². The molecule has 0 heterocycles. The molecular weight excluding hydrogens is 196 g/mol. The van der Waals surface area contributed by atoms with Gasteiger partial charge in [0.1, 0.15) is 0 Å². The highest BCUT2D eigenvalue weighted by atomic mass is 16.3.